The molecule has 5 nitrogen and oxygen atoms in total. The van der Waals surface area contributed by atoms with Gasteiger partial charge in [-0.05, 0) is 20.8 Å². The average molecular weight is 223 g/mol. The van der Waals surface area contributed by atoms with E-state index < -0.39 is 0 Å². The Bertz CT molecular complexity index is 379. The van der Waals surface area contributed by atoms with E-state index in [2.05, 4.69) is 14.7 Å². The first kappa shape index (κ1) is 12.4. The molecule has 1 rings (SSSR count). The lowest BCUT2D eigenvalue weighted by Crippen LogP contribution is -2.31. The maximum atomic E-state index is 11.2. The van der Waals surface area contributed by atoms with Crippen LogP contribution in [-0.4, -0.2) is 36.1 Å². The summed E-state index contributed by atoms with van der Waals surface area (Å²) in [7, 11) is 1.38. The lowest BCUT2D eigenvalue weighted by Gasteiger charge is -2.20. The predicted octanol–water partition coefficient (Wildman–Crippen LogP) is 1.09. The zero-order valence-electron chi connectivity index (χ0n) is 10.1. The molecule has 1 aromatic heterocycles. The summed E-state index contributed by atoms with van der Waals surface area (Å²) < 4.78 is 4.63. The molecular weight excluding hydrogens is 206 g/mol. The molecule has 0 saturated heterocycles. The van der Waals surface area contributed by atoms with Gasteiger partial charge < -0.3 is 9.64 Å². The number of carbonyl (C=O) groups is 1. The molecule has 0 unspecified atom stereocenters. The van der Waals surface area contributed by atoms with Crippen LogP contribution in [-0.2, 0) is 9.53 Å². The molecule has 0 fully saturated rings. The summed E-state index contributed by atoms with van der Waals surface area (Å²) in [6.45, 7) is 6.65. The molecule has 0 spiro atoms. The fraction of sp³-hybridized carbons (Fsp3) is 0.545. The van der Waals surface area contributed by atoms with Gasteiger partial charge in [-0.3, -0.25) is 9.78 Å². The summed E-state index contributed by atoms with van der Waals surface area (Å²) in [5.74, 6) is 0.429. The topological polar surface area (TPSA) is 55.3 Å². The van der Waals surface area contributed by atoms with Crippen molar-refractivity contribution in [3.8, 4) is 0 Å². The van der Waals surface area contributed by atoms with Gasteiger partial charge in [-0.2, -0.15) is 0 Å². The van der Waals surface area contributed by atoms with Gasteiger partial charge in [0.25, 0.3) is 0 Å². The largest absolute Gasteiger partial charge is 0.468 e. The minimum absolute atomic E-state index is 0.199. The van der Waals surface area contributed by atoms with Crippen molar-refractivity contribution in [3.63, 3.8) is 0 Å². The van der Waals surface area contributed by atoms with E-state index in [-0.39, 0.29) is 12.5 Å². The van der Waals surface area contributed by atoms with Crippen LogP contribution in [0.4, 0.5) is 5.82 Å². The summed E-state index contributed by atoms with van der Waals surface area (Å²) in [6.07, 6.45) is 1.68. The van der Waals surface area contributed by atoms with Crippen LogP contribution >= 0.6 is 0 Å². The van der Waals surface area contributed by atoms with Crippen LogP contribution in [0.5, 0.6) is 0 Å². The Labute approximate surface area is 95.5 Å². The molecule has 0 amide bonds. The number of methoxy groups -OCH3 is 1. The number of rotatable bonds is 4. The Morgan fingerprint density at radius 1 is 1.44 bits per heavy atom. The molecule has 0 aliphatic carbocycles. The van der Waals surface area contributed by atoms with Crippen LogP contribution in [0.1, 0.15) is 18.3 Å². The van der Waals surface area contributed by atoms with Crippen LogP contribution in [0.3, 0.4) is 0 Å². The van der Waals surface area contributed by atoms with E-state index in [4.69, 9.17) is 0 Å². The number of anilines is 1. The standard InChI is InChI=1S/C11H17N3O2/c1-5-14(7-11(15)16-4)10-6-12-8(2)9(3)13-10/h6H,5,7H2,1-4H3. The minimum atomic E-state index is -0.276. The fourth-order valence-electron chi connectivity index (χ4n) is 1.26. The molecule has 0 atom stereocenters. The van der Waals surface area contributed by atoms with Crippen LogP contribution < -0.4 is 4.90 Å². The molecule has 0 saturated carbocycles. The SMILES string of the molecule is CCN(CC(=O)OC)c1cnc(C)c(C)n1. The molecule has 88 valence electrons. The second-order valence-electron chi connectivity index (χ2n) is 3.49. The number of ether oxygens (including phenoxy) is 1. The Morgan fingerprint density at radius 3 is 2.62 bits per heavy atom. The second kappa shape index (κ2) is 5.44. The van der Waals surface area contributed by atoms with Gasteiger partial charge in [-0.1, -0.05) is 0 Å². The lowest BCUT2D eigenvalue weighted by atomic mass is 10.3. The number of hydrogen-bond acceptors (Lipinski definition) is 5. The molecule has 1 aromatic rings. The third kappa shape index (κ3) is 2.92. The first-order chi connectivity index (χ1) is 7.58. The number of likely N-dealkylation sites (N-methyl/N-ethyl adjacent to an activating group) is 1. The van der Waals surface area contributed by atoms with Crippen molar-refractivity contribution in [1.29, 1.82) is 0 Å². The van der Waals surface area contributed by atoms with Crippen molar-refractivity contribution >= 4 is 11.8 Å². The average Bonchev–Trinajstić information content (AvgIpc) is 2.29. The Kier molecular flexibility index (Phi) is 4.22. The van der Waals surface area contributed by atoms with Gasteiger partial charge in [0.15, 0.2) is 0 Å². The second-order valence-corrected chi connectivity index (χ2v) is 3.49. The van der Waals surface area contributed by atoms with Crippen molar-refractivity contribution in [2.45, 2.75) is 20.8 Å². The van der Waals surface area contributed by atoms with Crippen molar-refractivity contribution in [2.24, 2.45) is 0 Å². The number of hydrogen-bond donors (Lipinski definition) is 0. The molecule has 16 heavy (non-hydrogen) atoms. The van der Waals surface area contributed by atoms with Gasteiger partial charge in [-0.25, -0.2) is 4.98 Å². The van der Waals surface area contributed by atoms with E-state index in [1.54, 1.807) is 6.20 Å². The summed E-state index contributed by atoms with van der Waals surface area (Å²) in [5.41, 5.74) is 1.78. The lowest BCUT2D eigenvalue weighted by molar-refractivity contribution is -0.138. The number of carbonyl (C=O) groups excluding carboxylic acids is 1. The quantitative estimate of drug-likeness (QED) is 0.715. The molecule has 5 heteroatoms. The van der Waals surface area contributed by atoms with Gasteiger partial charge >= 0.3 is 5.97 Å². The predicted molar refractivity (Wildman–Crippen MR) is 61.4 cm³/mol. The highest BCUT2D eigenvalue weighted by Crippen LogP contribution is 2.11. The van der Waals surface area contributed by atoms with Crippen LogP contribution in [0.2, 0.25) is 0 Å². The van der Waals surface area contributed by atoms with Gasteiger partial charge in [0.2, 0.25) is 0 Å². The molecule has 1 heterocycles. The Hall–Kier alpha value is -1.65. The number of aromatic nitrogens is 2. The van der Waals surface area contributed by atoms with Gasteiger partial charge in [0.1, 0.15) is 12.4 Å². The van der Waals surface area contributed by atoms with Crippen molar-refractivity contribution in [1.82, 2.24) is 9.97 Å². The fourth-order valence-corrected chi connectivity index (χ4v) is 1.26. The summed E-state index contributed by atoms with van der Waals surface area (Å²) in [5, 5.41) is 0. The van der Waals surface area contributed by atoms with Crippen LogP contribution in [0.25, 0.3) is 0 Å². The molecule has 0 aromatic carbocycles. The molecule has 0 N–H and O–H groups in total. The maximum absolute atomic E-state index is 11.2. The highest BCUT2D eigenvalue weighted by molar-refractivity contribution is 5.75. The van der Waals surface area contributed by atoms with E-state index in [0.717, 1.165) is 11.4 Å². The van der Waals surface area contributed by atoms with E-state index in [1.807, 2.05) is 25.7 Å². The number of nitrogens with zero attached hydrogens (tertiary/aromatic N) is 3. The molecule has 0 aliphatic heterocycles. The van der Waals surface area contributed by atoms with Crippen molar-refractivity contribution in [2.75, 3.05) is 25.1 Å². The molecular formula is C11H17N3O2. The minimum Gasteiger partial charge on any atom is -0.468 e. The van der Waals surface area contributed by atoms with Crippen LogP contribution in [0, 0.1) is 13.8 Å². The van der Waals surface area contributed by atoms with Gasteiger partial charge in [-0.15, -0.1) is 0 Å². The molecule has 0 bridgehead atoms. The van der Waals surface area contributed by atoms with Crippen molar-refractivity contribution in [3.05, 3.63) is 17.6 Å². The summed E-state index contributed by atoms with van der Waals surface area (Å²) >= 11 is 0. The molecule has 0 aliphatic rings. The monoisotopic (exact) mass is 223 g/mol. The van der Waals surface area contributed by atoms with Crippen molar-refractivity contribution < 1.29 is 9.53 Å². The Balaban J connectivity index is 2.86. The zero-order valence-corrected chi connectivity index (χ0v) is 10.1. The third-order valence-electron chi connectivity index (χ3n) is 2.43. The first-order valence-corrected chi connectivity index (χ1v) is 5.20. The van der Waals surface area contributed by atoms with E-state index in [9.17, 15) is 4.79 Å². The molecule has 0 radical (unpaired) electrons. The van der Waals surface area contributed by atoms with E-state index in [0.29, 0.717) is 12.4 Å². The number of aryl methyl sites for hydroxylation is 2. The van der Waals surface area contributed by atoms with E-state index >= 15 is 0 Å². The van der Waals surface area contributed by atoms with E-state index in [1.165, 1.54) is 7.11 Å². The van der Waals surface area contributed by atoms with Gasteiger partial charge in [0, 0.05) is 6.54 Å². The summed E-state index contributed by atoms with van der Waals surface area (Å²) in [6, 6.07) is 0. The first-order valence-electron chi connectivity index (χ1n) is 5.20. The normalized spacial score (nSPS) is 10.0. The maximum Gasteiger partial charge on any atom is 0.325 e. The smallest absolute Gasteiger partial charge is 0.325 e. The van der Waals surface area contributed by atoms with Crippen LogP contribution in [0.15, 0.2) is 6.20 Å². The highest BCUT2D eigenvalue weighted by Gasteiger charge is 2.12. The van der Waals surface area contributed by atoms with Gasteiger partial charge in [0.05, 0.1) is 24.7 Å². The zero-order chi connectivity index (χ0) is 12.1. The third-order valence-corrected chi connectivity index (χ3v) is 2.43. The number of esters is 1. The Morgan fingerprint density at radius 2 is 2.12 bits per heavy atom. The summed E-state index contributed by atoms with van der Waals surface area (Å²) in [4.78, 5) is 21.6. The highest BCUT2D eigenvalue weighted by atomic mass is 16.5.